The third kappa shape index (κ3) is 4.03. The first kappa shape index (κ1) is 18.0. The molecular formula is C19H17N3O3S. The number of pyridine rings is 1. The number of thioether (sulfide) groups is 1. The van der Waals surface area contributed by atoms with Crippen LogP contribution in [0, 0.1) is 11.3 Å². The van der Waals surface area contributed by atoms with E-state index in [0.29, 0.717) is 10.6 Å². The summed E-state index contributed by atoms with van der Waals surface area (Å²) in [6, 6.07) is 10.3. The molecule has 7 heteroatoms. The topological polar surface area (TPSA) is 103 Å². The fraction of sp³-hybridized carbons (Fsp3) is 0.263. The number of benzene rings is 1. The summed E-state index contributed by atoms with van der Waals surface area (Å²) < 4.78 is 0. The molecular weight excluding hydrogens is 350 g/mol. The minimum Gasteiger partial charge on any atom is -0.478 e. The number of carbonyl (C=O) groups is 2. The van der Waals surface area contributed by atoms with E-state index in [1.54, 1.807) is 18.2 Å². The van der Waals surface area contributed by atoms with Gasteiger partial charge in [0.1, 0.15) is 11.1 Å². The largest absolute Gasteiger partial charge is 0.478 e. The first-order valence-electron chi connectivity index (χ1n) is 8.26. The van der Waals surface area contributed by atoms with Crippen molar-refractivity contribution in [2.75, 3.05) is 11.1 Å². The molecule has 0 spiro atoms. The lowest BCUT2D eigenvalue weighted by molar-refractivity contribution is -0.113. The van der Waals surface area contributed by atoms with Crippen molar-refractivity contribution in [2.45, 2.75) is 30.7 Å². The van der Waals surface area contributed by atoms with Crippen LogP contribution in [0.4, 0.5) is 5.69 Å². The number of aromatic carboxylic acids is 1. The molecule has 2 aromatic rings. The molecule has 0 saturated carbocycles. The van der Waals surface area contributed by atoms with Crippen LogP contribution < -0.4 is 5.32 Å². The first-order valence-corrected chi connectivity index (χ1v) is 9.25. The van der Waals surface area contributed by atoms with E-state index in [9.17, 15) is 14.9 Å². The molecule has 3 rings (SSSR count). The molecule has 0 aliphatic heterocycles. The number of para-hydroxylation sites is 1. The second-order valence-corrected chi connectivity index (χ2v) is 6.92. The maximum absolute atomic E-state index is 12.2. The minimum atomic E-state index is -1.10. The SMILES string of the molecule is N#Cc1cc2c(nc1SCC(=O)Nc1ccccc1C(=O)O)CCCC2. The molecule has 1 amide bonds. The van der Waals surface area contributed by atoms with Crippen LogP contribution in [-0.4, -0.2) is 27.7 Å². The van der Waals surface area contributed by atoms with Gasteiger partial charge in [-0.3, -0.25) is 4.79 Å². The molecule has 132 valence electrons. The van der Waals surface area contributed by atoms with Gasteiger partial charge in [-0.25, -0.2) is 9.78 Å². The molecule has 26 heavy (non-hydrogen) atoms. The highest BCUT2D eigenvalue weighted by Gasteiger charge is 2.17. The van der Waals surface area contributed by atoms with E-state index in [1.165, 1.54) is 17.8 Å². The van der Waals surface area contributed by atoms with Gasteiger partial charge < -0.3 is 10.4 Å². The highest BCUT2D eigenvalue weighted by atomic mass is 32.2. The number of hydrogen-bond donors (Lipinski definition) is 2. The van der Waals surface area contributed by atoms with Gasteiger partial charge in [-0.05, 0) is 49.4 Å². The first-order chi connectivity index (χ1) is 12.6. The Morgan fingerprint density at radius 3 is 2.81 bits per heavy atom. The Labute approximate surface area is 155 Å². The van der Waals surface area contributed by atoms with Crippen LogP contribution in [0.1, 0.15) is 40.0 Å². The van der Waals surface area contributed by atoms with E-state index in [0.717, 1.165) is 36.9 Å². The molecule has 6 nitrogen and oxygen atoms in total. The number of aryl methyl sites for hydroxylation is 2. The van der Waals surface area contributed by atoms with Crippen molar-refractivity contribution in [1.82, 2.24) is 4.98 Å². The molecule has 0 atom stereocenters. The van der Waals surface area contributed by atoms with Crippen LogP contribution in [0.25, 0.3) is 0 Å². The molecule has 0 saturated heterocycles. The van der Waals surface area contributed by atoms with Crippen molar-refractivity contribution in [2.24, 2.45) is 0 Å². The number of fused-ring (bicyclic) bond motifs is 1. The molecule has 2 N–H and O–H groups in total. The summed E-state index contributed by atoms with van der Waals surface area (Å²) in [4.78, 5) is 28.0. The molecule has 1 aromatic heterocycles. The van der Waals surface area contributed by atoms with Gasteiger partial charge in [0.25, 0.3) is 0 Å². The number of amides is 1. The van der Waals surface area contributed by atoms with Gasteiger partial charge in [-0.15, -0.1) is 0 Å². The maximum Gasteiger partial charge on any atom is 0.337 e. The molecule has 1 heterocycles. The van der Waals surface area contributed by atoms with Gasteiger partial charge in [-0.2, -0.15) is 5.26 Å². The quantitative estimate of drug-likeness (QED) is 0.786. The van der Waals surface area contributed by atoms with Crippen molar-refractivity contribution in [3.63, 3.8) is 0 Å². The van der Waals surface area contributed by atoms with Gasteiger partial charge in [0.05, 0.1) is 22.6 Å². The average Bonchev–Trinajstić information content (AvgIpc) is 2.65. The summed E-state index contributed by atoms with van der Waals surface area (Å²) in [6.07, 6.45) is 4.03. The van der Waals surface area contributed by atoms with Crippen LogP contribution in [-0.2, 0) is 17.6 Å². The number of anilines is 1. The van der Waals surface area contributed by atoms with E-state index < -0.39 is 5.97 Å². The van der Waals surface area contributed by atoms with Gasteiger partial charge in [0, 0.05) is 5.69 Å². The Hall–Kier alpha value is -2.85. The number of hydrogen-bond acceptors (Lipinski definition) is 5. The van der Waals surface area contributed by atoms with Gasteiger partial charge >= 0.3 is 5.97 Å². The van der Waals surface area contributed by atoms with E-state index >= 15 is 0 Å². The molecule has 1 aliphatic carbocycles. The Kier molecular flexibility index (Phi) is 5.54. The van der Waals surface area contributed by atoms with Crippen LogP contribution in [0.15, 0.2) is 35.4 Å². The lowest BCUT2D eigenvalue weighted by Crippen LogP contribution is -2.17. The predicted octanol–water partition coefficient (Wildman–Crippen LogP) is 3.26. The number of nitrogens with one attached hydrogen (secondary N) is 1. The van der Waals surface area contributed by atoms with Crippen molar-refractivity contribution in [1.29, 1.82) is 5.26 Å². The van der Waals surface area contributed by atoms with Crippen molar-refractivity contribution in [3.8, 4) is 6.07 Å². The number of carbonyl (C=O) groups excluding carboxylic acids is 1. The van der Waals surface area contributed by atoms with E-state index in [-0.39, 0.29) is 22.9 Å². The van der Waals surface area contributed by atoms with Gasteiger partial charge in [0.2, 0.25) is 5.91 Å². The fourth-order valence-corrected chi connectivity index (χ4v) is 3.68. The smallest absolute Gasteiger partial charge is 0.337 e. The monoisotopic (exact) mass is 367 g/mol. The summed E-state index contributed by atoms with van der Waals surface area (Å²) >= 11 is 1.19. The third-order valence-electron chi connectivity index (χ3n) is 4.16. The van der Waals surface area contributed by atoms with Gasteiger partial charge in [0.15, 0.2) is 0 Å². The minimum absolute atomic E-state index is 0.0375. The lowest BCUT2D eigenvalue weighted by atomic mass is 9.95. The number of rotatable bonds is 5. The summed E-state index contributed by atoms with van der Waals surface area (Å²) in [5.41, 5.74) is 2.90. The van der Waals surface area contributed by atoms with Gasteiger partial charge in [-0.1, -0.05) is 23.9 Å². The average molecular weight is 367 g/mol. The Balaban J connectivity index is 1.70. The van der Waals surface area contributed by atoms with E-state index in [4.69, 9.17) is 5.11 Å². The number of carboxylic acid groups (broad SMARTS) is 1. The number of nitriles is 1. The van der Waals surface area contributed by atoms with Crippen LogP contribution in [0.3, 0.4) is 0 Å². The molecule has 1 aromatic carbocycles. The summed E-state index contributed by atoms with van der Waals surface area (Å²) in [7, 11) is 0. The highest BCUT2D eigenvalue weighted by molar-refractivity contribution is 8.00. The highest BCUT2D eigenvalue weighted by Crippen LogP contribution is 2.27. The summed E-state index contributed by atoms with van der Waals surface area (Å²) in [5.74, 6) is -1.39. The number of carboxylic acids is 1. The van der Waals surface area contributed by atoms with E-state index in [1.807, 2.05) is 6.07 Å². The molecule has 1 aliphatic rings. The zero-order chi connectivity index (χ0) is 18.5. The zero-order valence-corrected chi connectivity index (χ0v) is 14.8. The van der Waals surface area contributed by atoms with Crippen molar-refractivity contribution < 1.29 is 14.7 Å². The molecule has 0 unspecified atom stereocenters. The normalized spacial score (nSPS) is 12.7. The third-order valence-corrected chi connectivity index (χ3v) is 5.15. The van der Waals surface area contributed by atoms with Crippen LogP contribution >= 0.6 is 11.8 Å². The molecule has 0 fully saturated rings. The Bertz CT molecular complexity index is 905. The Morgan fingerprint density at radius 1 is 1.27 bits per heavy atom. The van der Waals surface area contributed by atoms with Crippen molar-refractivity contribution >= 4 is 29.3 Å². The standard InChI is InChI=1S/C19H17N3O3S/c20-10-13-9-12-5-1-3-7-15(12)22-18(13)26-11-17(23)21-16-8-4-2-6-14(16)19(24)25/h2,4,6,8-9H,1,3,5,7,11H2,(H,21,23)(H,24,25). The van der Waals surface area contributed by atoms with Crippen molar-refractivity contribution in [3.05, 3.63) is 52.7 Å². The second kappa shape index (κ2) is 8.02. The fourth-order valence-electron chi connectivity index (χ4n) is 2.90. The maximum atomic E-state index is 12.2. The molecule has 0 radical (unpaired) electrons. The van der Waals surface area contributed by atoms with Crippen LogP contribution in [0.5, 0.6) is 0 Å². The predicted molar refractivity (Wildman–Crippen MR) is 98.3 cm³/mol. The summed E-state index contributed by atoms with van der Waals surface area (Å²) in [6.45, 7) is 0. The number of aromatic nitrogens is 1. The number of nitrogens with zero attached hydrogens (tertiary/aromatic N) is 2. The van der Waals surface area contributed by atoms with Crippen LogP contribution in [0.2, 0.25) is 0 Å². The second-order valence-electron chi connectivity index (χ2n) is 5.95. The molecule has 0 bridgehead atoms. The summed E-state index contributed by atoms with van der Waals surface area (Å²) in [5, 5.41) is 21.7. The Morgan fingerprint density at radius 2 is 2.04 bits per heavy atom. The van der Waals surface area contributed by atoms with E-state index in [2.05, 4.69) is 16.4 Å². The lowest BCUT2D eigenvalue weighted by Gasteiger charge is -2.16. The zero-order valence-electron chi connectivity index (χ0n) is 14.0.